The van der Waals surface area contributed by atoms with E-state index in [1.165, 1.54) is 4.31 Å². The van der Waals surface area contributed by atoms with Gasteiger partial charge in [-0.15, -0.1) is 0 Å². The molecule has 0 N–H and O–H groups in total. The number of sulfonamides is 1. The zero-order valence-electron chi connectivity index (χ0n) is 11.1. The van der Waals surface area contributed by atoms with E-state index in [1.54, 1.807) is 6.07 Å². The fourth-order valence-electron chi connectivity index (χ4n) is 2.23. The summed E-state index contributed by atoms with van der Waals surface area (Å²) in [5.41, 5.74) is 1.86. The molecule has 1 saturated heterocycles. The first-order valence-electron chi connectivity index (χ1n) is 6.20. The zero-order valence-corrected chi connectivity index (χ0v) is 13.5. The Hall–Kier alpha value is -0.430. The molecule has 0 aliphatic carbocycles. The van der Waals surface area contributed by atoms with Crippen LogP contribution in [0.5, 0.6) is 0 Å². The van der Waals surface area contributed by atoms with E-state index in [1.807, 2.05) is 26.0 Å². The van der Waals surface area contributed by atoms with Crippen LogP contribution in [0.2, 0.25) is 0 Å². The van der Waals surface area contributed by atoms with Gasteiger partial charge in [-0.2, -0.15) is 4.31 Å². The number of morpholine rings is 1. The van der Waals surface area contributed by atoms with Gasteiger partial charge in [0.05, 0.1) is 17.6 Å². The summed E-state index contributed by atoms with van der Waals surface area (Å²) < 4.78 is 32.3. The predicted molar refractivity (Wildman–Crippen MR) is 78.2 cm³/mol. The highest BCUT2D eigenvalue weighted by Crippen LogP contribution is 2.23. The van der Waals surface area contributed by atoms with Gasteiger partial charge in [0, 0.05) is 18.4 Å². The Morgan fingerprint density at radius 1 is 1.42 bits per heavy atom. The second-order valence-electron chi connectivity index (χ2n) is 4.78. The van der Waals surface area contributed by atoms with Gasteiger partial charge in [-0.25, -0.2) is 8.42 Å². The number of hydrogen-bond donors (Lipinski definition) is 0. The zero-order chi connectivity index (χ0) is 14.0. The van der Waals surface area contributed by atoms with Crippen molar-refractivity contribution >= 4 is 26.0 Å². The Balaban J connectivity index is 2.31. The van der Waals surface area contributed by atoms with Crippen LogP contribution in [0.3, 0.4) is 0 Å². The van der Waals surface area contributed by atoms with Crippen molar-refractivity contribution in [2.45, 2.75) is 24.8 Å². The summed E-state index contributed by atoms with van der Waals surface area (Å²) >= 11 is 3.34. The molecule has 1 fully saturated rings. The molecule has 6 heteroatoms. The molecular formula is C13H18BrNO3S. The van der Waals surface area contributed by atoms with Crippen molar-refractivity contribution in [2.24, 2.45) is 0 Å². The van der Waals surface area contributed by atoms with Gasteiger partial charge >= 0.3 is 0 Å². The molecule has 1 unspecified atom stereocenters. The molecule has 1 aromatic carbocycles. The van der Waals surface area contributed by atoms with E-state index >= 15 is 0 Å². The summed E-state index contributed by atoms with van der Waals surface area (Å²) in [5.74, 6) is 0. The second-order valence-corrected chi connectivity index (χ2v) is 7.33. The molecule has 0 bridgehead atoms. The molecule has 1 heterocycles. The van der Waals surface area contributed by atoms with Gasteiger partial charge < -0.3 is 4.74 Å². The highest BCUT2D eigenvalue weighted by Gasteiger charge is 2.31. The molecule has 1 atom stereocenters. The number of aryl methyl sites for hydroxylation is 2. The van der Waals surface area contributed by atoms with Crippen LogP contribution in [0.4, 0.5) is 0 Å². The van der Waals surface area contributed by atoms with Gasteiger partial charge in [-0.1, -0.05) is 33.6 Å². The van der Waals surface area contributed by atoms with Gasteiger partial charge in [0.25, 0.3) is 0 Å². The number of nitrogens with zero attached hydrogens (tertiary/aromatic N) is 1. The summed E-state index contributed by atoms with van der Waals surface area (Å²) in [7, 11) is -3.42. The van der Waals surface area contributed by atoms with Crippen molar-refractivity contribution in [3.8, 4) is 0 Å². The Kier molecular flexibility index (Phi) is 4.66. The van der Waals surface area contributed by atoms with Crippen LogP contribution in [-0.4, -0.2) is 43.9 Å². The van der Waals surface area contributed by atoms with E-state index in [0.29, 0.717) is 29.9 Å². The number of rotatable bonds is 3. The van der Waals surface area contributed by atoms with Crippen LogP contribution < -0.4 is 0 Å². The smallest absolute Gasteiger partial charge is 0.243 e. The fourth-order valence-corrected chi connectivity index (χ4v) is 4.28. The minimum absolute atomic E-state index is 0.0747. The first-order chi connectivity index (χ1) is 8.95. The lowest BCUT2D eigenvalue weighted by Gasteiger charge is -2.31. The van der Waals surface area contributed by atoms with Gasteiger partial charge in [0.15, 0.2) is 0 Å². The van der Waals surface area contributed by atoms with Gasteiger partial charge in [0.2, 0.25) is 10.0 Å². The molecule has 2 rings (SSSR count). The van der Waals surface area contributed by atoms with Crippen molar-refractivity contribution in [3.63, 3.8) is 0 Å². The number of ether oxygens (including phenoxy) is 1. The minimum atomic E-state index is -3.42. The lowest BCUT2D eigenvalue weighted by Crippen LogP contribution is -2.46. The first-order valence-corrected chi connectivity index (χ1v) is 8.76. The van der Waals surface area contributed by atoms with E-state index in [0.717, 1.165) is 11.1 Å². The average molecular weight is 348 g/mol. The fraction of sp³-hybridized carbons (Fsp3) is 0.538. The second kappa shape index (κ2) is 5.91. The van der Waals surface area contributed by atoms with E-state index in [4.69, 9.17) is 4.74 Å². The third-order valence-electron chi connectivity index (χ3n) is 3.22. The maximum absolute atomic E-state index is 12.6. The van der Waals surface area contributed by atoms with Crippen LogP contribution in [0.25, 0.3) is 0 Å². The summed E-state index contributed by atoms with van der Waals surface area (Å²) in [5, 5.41) is 0.645. The SMILES string of the molecule is Cc1ccc(S(=O)(=O)N2CCOC(CBr)C2)c(C)c1. The van der Waals surface area contributed by atoms with Crippen molar-refractivity contribution in [3.05, 3.63) is 29.3 Å². The van der Waals surface area contributed by atoms with E-state index in [9.17, 15) is 8.42 Å². The quantitative estimate of drug-likeness (QED) is 0.786. The molecule has 0 spiro atoms. The lowest BCUT2D eigenvalue weighted by atomic mass is 10.2. The van der Waals surface area contributed by atoms with Crippen LogP contribution >= 0.6 is 15.9 Å². The molecule has 0 radical (unpaired) electrons. The summed E-state index contributed by atoms with van der Waals surface area (Å²) in [6.45, 7) is 5.06. The van der Waals surface area contributed by atoms with Crippen LogP contribution in [-0.2, 0) is 14.8 Å². The number of alkyl halides is 1. The highest BCUT2D eigenvalue weighted by atomic mass is 79.9. The monoisotopic (exact) mass is 347 g/mol. The molecule has 0 amide bonds. The third-order valence-corrected chi connectivity index (χ3v) is 5.97. The first kappa shape index (κ1) is 15.0. The molecule has 1 aliphatic rings. The topological polar surface area (TPSA) is 46.6 Å². The number of benzene rings is 1. The van der Waals surface area contributed by atoms with Crippen LogP contribution in [0.1, 0.15) is 11.1 Å². The van der Waals surface area contributed by atoms with Gasteiger partial charge in [0.1, 0.15) is 0 Å². The van der Waals surface area contributed by atoms with E-state index in [-0.39, 0.29) is 6.10 Å². The lowest BCUT2D eigenvalue weighted by molar-refractivity contribution is 0.0136. The molecule has 4 nitrogen and oxygen atoms in total. The molecule has 19 heavy (non-hydrogen) atoms. The Bertz CT molecular complexity index is 559. The predicted octanol–water partition coefficient (Wildman–Crippen LogP) is 2.09. The van der Waals surface area contributed by atoms with Crippen molar-refractivity contribution in [2.75, 3.05) is 25.0 Å². The standard InChI is InChI=1S/C13H18BrNO3S/c1-10-3-4-13(11(2)7-10)19(16,17)15-5-6-18-12(8-14)9-15/h3-4,7,12H,5-6,8-9H2,1-2H3. The Morgan fingerprint density at radius 3 is 2.79 bits per heavy atom. The molecule has 106 valence electrons. The van der Waals surface area contributed by atoms with Crippen molar-refractivity contribution < 1.29 is 13.2 Å². The Labute approximate surface area is 122 Å². The number of halogens is 1. The van der Waals surface area contributed by atoms with Gasteiger partial charge in [-0.05, 0) is 25.5 Å². The normalized spacial score (nSPS) is 21.5. The molecule has 1 aromatic rings. The van der Waals surface area contributed by atoms with Crippen LogP contribution in [0.15, 0.2) is 23.1 Å². The minimum Gasteiger partial charge on any atom is -0.375 e. The molecule has 0 saturated carbocycles. The van der Waals surface area contributed by atoms with Crippen molar-refractivity contribution in [1.82, 2.24) is 4.31 Å². The molecular weight excluding hydrogens is 330 g/mol. The van der Waals surface area contributed by atoms with E-state index in [2.05, 4.69) is 15.9 Å². The molecule has 0 aromatic heterocycles. The van der Waals surface area contributed by atoms with Crippen molar-refractivity contribution in [1.29, 1.82) is 0 Å². The summed E-state index contributed by atoms with van der Waals surface area (Å²) in [4.78, 5) is 0.397. The highest BCUT2D eigenvalue weighted by molar-refractivity contribution is 9.09. The largest absolute Gasteiger partial charge is 0.375 e. The maximum Gasteiger partial charge on any atom is 0.243 e. The number of hydrogen-bond acceptors (Lipinski definition) is 3. The van der Waals surface area contributed by atoms with Crippen LogP contribution in [0, 0.1) is 13.8 Å². The third kappa shape index (κ3) is 3.18. The van der Waals surface area contributed by atoms with Gasteiger partial charge in [-0.3, -0.25) is 0 Å². The molecule has 1 aliphatic heterocycles. The maximum atomic E-state index is 12.6. The summed E-state index contributed by atoms with van der Waals surface area (Å²) in [6.07, 6.45) is -0.0747. The Morgan fingerprint density at radius 2 is 2.16 bits per heavy atom. The average Bonchev–Trinajstić information content (AvgIpc) is 2.38. The van der Waals surface area contributed by atoms with E-state index < -0.39 is 10.0 Å². The summed E-state index contributed by atoms with van der Waals surface area (Å²) in [6, 6.07) is 5.43.